The lowest BCUT2D eigenvalue weighted by molar-refractivity contribution is -0.138. The Hall–Kier alpha value is -0.300. The van der Waals surface area contributed by atoms with Crippen LogP contribution in [0.3, 0.4) is 0 Å². The van der Waals surface area contributed by atoms with Crippen LogP contribution in [-0.4, -0.2) is 0 Å². The molecule has 0 bridgehead atoms. The van der Waals surface area contributed by atoms with E-state index >= 15 is 0 Å². The zero-order valence-electron chi connectivity index (χ0n) is 6.53. The van der Waals surface area contributed by atoms with E-state index in [-0.39, 0.29) is 10.1 Å². The van der Waals surface area contributed by atoms with Crippen molar-refractivity contribution >= 4 is 22.6 Å². The predicted octanol–water partition coefficient (Wildman–Crippen LogP) is 2.77. The molecule has 0 heterocycles. The van der Waals surface area contributed by atoms with Crippen LogP contribution in [0.15, 0.2) is 18.2 Å². The Bertz CT molecular complexity index is 309. The van der Waals surface area contributed by atoms with Gasteiger partial charge in [-0.25, -0.2) is 0 Å². The van der Waals surface area contributed by atoms with Gasteiger partial charge >= 0.3 is 6.18 Å². The fourth-order valence-electron chi connectivity index (χ4n) is 0.917. The van der Waals surface area contributed by atoms with Crippen molar-refractivity contribution in [1.29, 1.82) is 0 Å². The number of halogens is 4. The lowest BCUT2D eigenvalue weighted by atomic mass is 10.1. The lowest BCUT2D eigenvalue weighted by Gasteiger charge is -2.10. The minimum Gasteiger partial charge on any atom is -0.326 e. The fourth-order valence-corrected chi connectivity index (χ4v) is 1.56. The molecule has 5 heteroatoms. The van der Waals surface area contributed by atoms with Crippen LogP contribution >= 0.6 is 22.6 Å². The Morgan fingerprint density at radius 1 is 1.31 bits per heavy atom. The summed E-state index contributed by atoms with van der Waals surface area (Å²) in [7, 11) is 0. The maximum atomic E-state index is 12.3. The zero-order chi connectivity index (χ0) is 10.1. The molecule has 1 aromatic rings. The Morgan fingerprint density at radius 3 is 2.38 bits per heavy atom. The molecule has 0 saturated heterocycles. The number of hydrogen-bond acceptors (Lipinski definition) is 1. The van der Waals surface area contributed by atoms with Gasteiger partial charge in [0.15, 0.2) is 0 Å². The molecule has 0 aliphatic heterocycles. The standard InChI is InChI=1S/C8H7F3IN/c9-8(10,11)6-3-5(4-13)1-2-7(6)12/h1-3H,4,13H2. The molecule has 0 aliphatic rings. The minimum absolute atomic E-state index is 0.125. The van der Waals surface area contributed by atoms with Gasteiger partial charge in [-0.05, 0) is 40.3 Å². The highest BCUT2D eigenvalue weighted by Crippen LogP contribution is 2.33. The average molecular weight is 301 g/mol. The van der Waals surface area contributed by atoms with Crippen LogP contribution < -0.4 is 5.73 Å². The van der Waals surface area contributed by atoms with Crippen LogP contribution in [0.4, 0.5) is 13.2 Å². The molecule has 1 rings (SSSR count). The second kappa shape index (κ2) is 3.83. The third-order valence-electron chi connectivity index (χ3n) is 1.57. The number of benzene rings is 1. The van der Waals surface area contributed by atoms with E-state index < -0.39 is 11.7 Å². The topological polar surface area (TPSA) is 26.0 Å². The van der Waals surface area contributed by atoms with Gasteiger partial charge in [-0.2, -0.15) is 13.2 Å². The van der Waals surface area contributed by atoms with E-state index in [9.17, 15) is 13.2 Å². The van der Waals surface area contributed by atoms with Gasteiger partial charge in [-0.3, -0.25) is 0 Å². The SMILES string of the molecule is NCc1ccc(I)c(C(F)(F)F)c1. The normalized spacial score (nSPS) is 11.8. The van der Waals surface area contributed by atoms with Crippen LogP contribution in [-0.2, 0) is 12.7 Å². The van der Waals surface area contributed by atoms with Crippen molar-refractivity contribution in [3.8, 4) is 0 Å². The highest BCUT2D eigenvalue weighted by molar-refractivity contribution is 14.1. The van der Waals surface area contributed by atoms with E-state index in [4.69, 9.17) is 5.73 Å². The Kier molecular flexibility index (Phi) is 3.18. The van der Waals surface area contributed by atoms with Crippen LogP contribution in [0.1, 0.15) is 11.1 Å². The molecule has 0 saturated carbocycles. The third kappa shape index (κ3) is 2.57. The van der Waals surface area contributed by atoms with Crippen molar-refractivity contribution in [1.82, 2.24) is 0 Å². The molecule has 13 heavy (non-hydrogen) atoms. The van der Waals surface area contributed by atoms with Crippen LogP contribution in [0, 0.1) is 3.57 Å². The fraction of sp³-hybridized carbons (Fsp3) is 0.250. The van der Waals surface area contributed by atoms with Crippen molar-refractivity contribution in [2.75, 3.05) is 0 Å². The quantitative estimate of drug-likeness (QED) is 0.793. The van der Waals surface area contributed by atoms with E-state index in [1.807, 2.05) is 0 Å². The molecule has 0 unspecified atom stereocenters. The lowest BCUT2D eigenvalue weighted by Crippen LogP contribution is -2.09. The number of nitrogens with two attached hydrogens (primary N) is 1. The van der Waals surface area contributed by atoms with Crippen molar-refractivity contribution < 1.29 is 13.2 Å². The smallest absolute Gasteiger partial charge is 0.326 e. The van der Waals surface area contributed by atoms with Crippen LogP contribution in [0.5, 0.6) is 0 Å². The maximum absolute atomic E-state index is 12.3. The summed E-state index contributed by atoms with van der Waals surface area (Å²) < 4.78 is 37.2. The molecule has 0 aromatic heterocycles. The summed E-state index contributed by atoms with van der Waals surface area (Å²) in [6, 6.07) is 4.10. The second-order valence-electron chi connectivity index (χ2n) is 2.52. The molecule has 0 amide bonds. The molecular formula is C8H7F3IN. The Balaban J connectivity index is 3.19. The van der Waals surface area contributed by atoms with E-state index in [1.165, 1.54) is 6.07 Å². The largest absolute Gasteiger partial charge is 0.417 e. The van der Waals surface area contributed by atoms with Crippen molar-refractivity contribution in [3.05, 3.63) is 32.9 Å². The zero-order valence-corrected chi connectivity index (χ0v) is 8.69. The summed E-state index contributed by atoms with van der Waals surface area (Å²) in [6.07, 6.45) is -4.29. The first kappa shape index (κ1) is 10.8. The van der Waals surface area contributed by atoms with Gasteiger partial charge < -0.3 is 5.73 Å². The van der Waals surface area contributed by atoms with Gasteiger partial charge in [0.1, 0.15) is 0 Å². The van der Waals surface area contributed by atoms with E-state index in [1.54, 1.807) is 28.7 Å². The average Bonchev–Trinajstić information content (AvgIpc) is 2.03. The molecule has 0 radical (unpaired) electrons. The summed E-state index contributed by atoms with van der Waals surface area (Å²) in [5.41, 5.74) is 5.12. The van der Waals surface area contributed by atoms with Gasteiger partial charge in [-0.15, -0.1) is 0 Å². The first-order valence-corrected chi connectivity index (χ1v) is 4.58. The number of hydrogen-bond donors (Lipinski definition) is 1. The Labute approximate surface area is 87.3 Å². The molecule has 2 N–H and O–H groups in total. The van der Waals surface area contributed by atoms with Gasteiger partial charge in [0.25, 0.3) is 0 Å². The van der Waals surface area contributed by atoms with Gasteiger partial charge in [-0.1, -0.05) is 6.07 Å². The van der Waals surface area contributed by atoms with Crippen molar-refractivity contribution in [2.24, 2.45) is 5.73 Å². The van der Waals surface area contributed by atoms with Crippen molar-refractivity contribution in [3.63, 3.8) is 0 Å². The van der Waals surface area contributed by atoms with E-state index in [0.717, 1.165) is 6.07 Å². The second-order valence-corrected chi connectivity index (χ2v) is 3.68. The molecule has 1 nitrogen and oxygen atoms in total. The molecule has 0 spiro atoms. The van der Waals surface area contributed by atoms with Gasteiger partial charge in [0.2, 0.25) is 0 Å². The molecule has 0 aliphatic carbocycles. The highest BCUT2D eigenvalue weighted by atomic mass is 127. The number of alkyl halides is 3. The van der Waals surface area contributed by atoms with E-state index in [0.29, 0.717) is 5.56 Å². The first-order valence-electron chi connectivity index (χ1n) is 3.51. The molecule has 72 valence electrons. The van der Waals surface area contributed by atoms with E-state index in [2.05, 4.69) is 0 Å². The highest BCUT2D eigenvalue weighted by Gasteiger charge is 2.32. The number of rotatable bonds is 1. The monoisotopic (exact) mass is 301 g/mol. The summed E-state index contributed by atoms with van der Waals surface area (Å²) >= 11 is 1.66. The summed E-state index contributed by atoms with van der Waals surface area (Å²) in [5, 5.41) is 0. The summed E-state index contributed by atoms with van der Waals surface area (Å²) in [4.78, 5) is 0. The van der Waals surface area contributed by atoms with Gasteiger partial charge in [0, 0.05) is 10.1 Å². The predicted molar refractivity (Wildman–Crippen MR) is 52.1 cm³/mol. The first-order chi connectivity index (χ1) is 5.95. The molecular weight excluding hydrogens is 294 g/mol. The minimum atomic E-state index is -4.29. The maximum Gasteiger partial charge on any atom is 0.417 e. The van der Waals surface area contributed by atoms with Gasteiger partial charge in [0.05, 0.1) is 5.56 Å². The van der Waals surface area contributed by atoms with Crippen molar-refractivity contribution in [2.45, 2.75) is 12.7 Å². The van der Waals surface area contributed by atoms with Crippen LogP contribution in [0.2, 0.25) is 0 Å². The Morgan fingerprint density at radius 2 is 1.92 bits per heavy atom. The summed E-state index contributed by atoms with van der Waals surface area (Å²) in [6.45, 7) is 0.125. The molecule has 1 aromatic carbocycles. The molecule has 0 fully saturated rings. The molecule has 0 atom stereocenters. The third-order valence-corrected chi connectivity index (χ3v) is 2.51. The van der Waals surface area contributed by atoms with Crippen LogP contribution in [0.25, 0.3) is 0 Å². The summed E-state index contributed by atoms with van der Waals surface area (Å²) in [5.74, 6) is 0.